The van der Waals surface area contributed by atoms with Crippen LogP contribution in [-0.2, 0) is 0 Å². The SMILES string of the molecule is c1ccc2c(c1)ccc1c2oc2cccc(-c3ccc(N(c4ccc(-c5cccc6c5oc5ccccc56)cc4)c4cccc5sc6ccccc6c45)cc3)c21. The highest BCUT2D eigenvalue weighted by atomic mass is 32.1. The Morgan fingerprint density at radius 3 is 1.80 bits per heavy atom. The molecule has 9 aromatic carbocycles. The highest BCUT2D eigenvalue weighted by Crippen LogP contribution is 2.46. The minimum Gasteiger partial charge on any atom is -0.455 e. The fraction of sp³-hybridized carbons (Fsp3) is 0. The van der Waals surface area contributed by atoms with Gasteiger partial charge in [-0.2, -0.15) is 0 Å². The molecule has 3 aromatic heterocycles. The third kappa shape index (κ3) is 4.70. The zero-order chi connectivity index (χ0) is 36.7. The predicted molar refractivity (Wildman–Crippen MR) is 237 cm³/mol. The first-order valence-electron chi connectivity index (χ1n) is 18.9. The van der Waals surface area contributed by atoms with Gasteiger partial charge in [-0.15, -0.1) is 11.3 Å². The molecule has 0 bridgehead atoms. The van der Waals surface area contributed by atoms with E-state index in [1.165, 1.54) is 25.6 Å². The van der Waals surface area contributed by atoms with Gasteiger partial charge in [-0.25, -0.2) is 0 Å². The predicted octanol–water partition coefficient (Wildman–Crippen LogP) is 15.8. The molecule has 56 heavy (non-hydrogen) atoms. The first-order chi connectivity index (χ1) is 27.8. The first kappa shape index (κ1) is 31.2. The molecule has 4 heteroatoms. The molecular weight excluding hydrogens is 703 g/mol. The molecule has 0 atom stereocenters. The smallest absolute Gasteiger partial charge is 0.143 e. The van der Waals surface area contributed by atoms with Crippen molar-refractivity contribution in [1.82, 2.24) is 0 Å². The number of anilines is 3. The van der Waals surface area contributed by atoms with Gasteiger partial charge >= 0.3 is 0 Å². The Labute approximate surface area is 325 Å². The summed E-state index contributed by atoms with van der Waals surface area (Å²) in [6.45, 7) is 0. The first-order valence-corrected chi connectivity index (χ1v) is 19.7. The maximum atomic E-state index is 6.54. The molecule has 0 aliphatic carbocycles. The number of rotatable bonds is 5. The molecule has 0 saturated carbocycles. The molecule has 262 valence electrons. The molecule has 12 rings (SSSR count). The largest absolute Gasteiger partial charge is 0.455 e. The lowest BCUT2D eigenvalue weighted by Crippen LogP contribution is -2.10. The van der Waals surface area contributed by atoms with Gasteiger partial charge in [0.05, 0.1) is 5.69 Å². The van der Waals surface area contributed by atoms with Crippen molar-refractivity contribution in [3.8, 4) is 22.3 Å². The summed E-state index contributed by atoms with van der Waals surface area (Å²) in [6, 6.07) is 67.2. The Kier molecular flexibility index (Phi) is 6.80. The van der Waals surface area contributed by atoms with Crippen LogP contribution in [0.25, 0.3) is 97.1 Å². The number of fused-ring (bicyclic) bond motifs is 11. The summed E-state index contributed by atoms with van der Waals surface area (Å²) < 4.78 is 15.5. The molecule has 0 N–H and O–H groups in total. The second kappa shape index (κ2) is 12.2. The number of thiophene rings is 1. The molecule has 0 aliphatic rings. The Bertz CT molecular complexity index is 3480. The normalized spacial score (nSPS) is 11.9. The van der Waals surface area contributed by atoms with E-state index >= 15 is 0 Å². The van der Waals surface area contributed by atoms with Gasteiger partial charge in [0.2, 0.25) is 0 Å². The summed E-state index contributed by atoms with van der Waals surface area (Å²) in [5, 5.41) is 9.38. The van der Waals surface area contributed by atoms with E-state index in [0.29, 0.717) is 0 Å². The van der Waals surface area contributed by atoms with Gasteiger partial charge in [-0.1, -0.05) is 127 Å². The Morgan fingerprint density at radius 1 is 0.357 bits per heavy atom. The van der Waals surface area contributed by atoms with E-state index in [-0.39, 0.29) is 0 Å². The molecule has 0 saturated heterocycles. The topological polar surface area (TPSA) is 29.5 Å². The molecule has 12 aromatic rings. The minimum atomic E-state index is 0.897. The molecule has 0 aliphatic heterocycles. The highest BCUT2D eigenvalue weighted by molar-refractivity contribution is 7.26. The average molecular weight is 734 g/mol. The van der Waals surface area contributed by atoms with Crippen LogP contribution in [0.15, 0.2) is 197 Å². The Hall–Kier alpha value is -7.14. The Balaban J connectivity index is 1.01. The van der Waals surface area contributed by atoms with Gasteiger partial charge in [0, 0.05) is 64.0 Å². The molecule has 0 radical (unpaired) electrons. The van der Waals surface area contributed by atoms with Crippen LogP contribution in [0, 0.1) is 0 Å². The second-order valence-electron chi connectivity index (χ2n) is 14.4. The molecular formula is C52H31NO2S. The van der Waals surface area contributed by atoms with Crippen molar-refractivity contribution in [2.24, 2.45) is 0 Å². The molecule has 3 heterocycles. The summed E-state index contributed by atoms with van der Waals surface area (Å²) in [4.78, 5) is 2.40. The van der Waals surface area contributed by atoms with Crippen LogP contribution < -0.4 is 4.90 Å². The Morgan fingerprint density at radius 2 is 0.964 bits per heavy atom. The van der Waals surface area contributed by atoms with Crippen LogP contribution in [0.2, 0.25) is 0 Å². The molecule has 0 amide bonds. The second-order valence-corrected chi connectivity index (χ2v) is 15.5. The van der Waals surface area contributed by atoms with Crippen LogP contribution >= 0.6 is 11.3 Å². The van der Waals surface area contributed by atoms with Gasteiger partial charge in [0.15, 0.2) is 0 Å². The number of furan rings is 2. The number of hydrogen-bond donors (Lipinski definition) is 0. The maximum absolute atomic E-state index is 6.54. The fourth-order valence-corrected chi connectivity index (χ4v) is 9.85. The van der Waals surface area contributed by atoms with E-state index in [2.05, 4.69) is 181 Å². The van der Waals surface area contributed by atoms with Crippen LogP contribution in [0.1, 0.15) is 0 Å². The summed E-state index contributed by atoms with van der Waals surface area (Å²) >= 11 is 1.84. The molecule has 0 spiro atoms. The van der Waals surface area contributed by atoms with Crippen LogP contribution in [0.4, 0.5) is 17.1 Å². The summed E-state index contributed by atoms with van der Waals surface area (Å²) in [5.41, 5.74) is 11.5. The van der Waals surface area contributed by atoms with Crippen molar-refractivity contribution in [3.63, 3.8) is 0 Å². The minimum absolute atomic E-state index is 0.897. The third-order valence-electron chi connectivity index (χ3n) is 11.3. The number of hydrogen-bond acceptors (Lipinski definition) is 4. The van der Waals surface area contributed by atoms with E-state index < -0.39 is 0 Å². The zero-order valence-electron chi connectivity index (χ0n) is 30.1. The monoisotopic (exact) mass is 733 g/mol. The van der Waals surface area contributed by atoms with Crippen molar-refractivity contribution in [3.05, 3.63) is 188 Å². The zero-order valence-corrected chi connectivity index (χ0v) is 30.9. The van der Waals surface area contributed by atoms with Crippen LogP contribution in [-0.4, -0.2) is 0 Å². The van der Waals surface area contributed by atoms with Crippen molar-refractivity contribution in [2.75, 3.05) is 4.90 Å². The van der Waals surface area contributed by atoms with Crippen molar-refractivity contribution in [2.45, 2.75) is 0 Å². The van der Waals surface area contributed by atoms with Crippen LogP contribution in [0.3, 0.4) is 0 Å². The van der Waals surface area contributed by atoms with Gasteiger partial charge < -0.3 is 13.7 Å². The van der Waals surface area contributed by atoms with Crippen molar-refractivity contribution >= 4 is 103 Å². The van der Waals surface area contributed by atoms with Crippen molar-refractivity contribution in [1.29, 1.82) is 0 Å². The van der Waals surface area contributed by atoms with Gasteiger partial charge in [0.1, 0.15) is 22.3 Å². The lowest BCUT2D eigenvalue weighted by molar-refractivity contribution is 0.670. The lowest BCUT2D eigenvalue weighted by atomic mass is 9.97. The van der Waals surface area contributed by atoms with Gasteiger partial charge in [-0.3, -0.25) is 0 Å². The highest BCUT2D eigenvalue weighted by Gasteiger charge is 2.20. The number of nitrogens with zero attached hydrogens (tertiary/aromatic N) is 1. The van der Waals surface area contributed by atoms with E-state index in [9.17, 15) is 0 Å². The number of benzene rings is 9. The molecule has 0 unspecified atom stereocenters. The number of para-hydroxylation sites is 2. The van der Waals surface area contributed by atoms with Gasteiger partial charge in [0.25, 0.3) is 0 Å². The van der Waals surface area contributed by atoms with Gasteiger partial charge in [-0.05, 0) is 82.7 Å². The van der Waals surface area contributed by atoms with E-state index in [1.54, 1.807) is 0 Å². The van der Waals surface area contributed by atoms with Crippen molar-refractivity contribution < 1.29 is 8.83 Å². The molecule has 0 fully saturated rings. The summed E-state index contributed by atoms with van der Waals surface area (Å²) in [6.07, 6.45) is 0. The van der Waals surface area contributed by atoms with E-state index in [4.69, 9.17) is 8.83 Å². The van der Waals surface area contributed by atoms with Crippen LogP contribution in [0.5, 0.6) is 0 Å². The standard InChI is InChI=1S/C52H31NO2S/c1-2-11-38-32(10-1)26-31-43-49-37(14-8-19-46(49)55-52(38)43)33-22-27-35(28-23-33)53(44-17-9-21-48-50(44)42-13-4-6-20-47(42)56-48)36-29-24-34(25-30-36)39-15-7-16-41-40-12-3-5-18-45(40)54-51(39)41/h1-31H. The lowest BCUT2D eigenvalue weighted by Gasteiger charge is -2.27. The maximum Gasteiger partial charge on any atom is 0.143 e. The molecule has 3 nitrogen and oxygen atoms in total. The third-order valence-corrected chi connectivity index (χ3v) is 12.4. The summed E-state index contributed by atoms with van der Waals surface area (Å²) in [7, 11) is 0. The van der Waals surface area contributed by atoms with E-state index in [0.717, 1.165) is 88.6 Å². The average Bonchev–Trinajstić information content (AvgIpc) is 3.96. The summed E-state index contributed by atoms with van der Waals surface area (Å²) in [5.74, 6) is 0. The fourth-order valence-electron chi connectivity index (χ4n) is 8.72. The quantitative estimate of drug-likeness (QED) is 0.176. The van der Waals surface area contributed by atoms with E-state index in [1.807, 2.05) is 23.5 Å².